The third-order valence-corrected chi connectivity index (χ3v) is 3.45. The van der Waals surface area contributed by atoms with E-state index < -0.39 is 17.6 Å². The van der Waals surface area contributed by atoms with Crippen molar-refractivity contribution < 1.29 is 23.5 Å². The number of nitrogens with two attached hydrogens (primary N) is 1. The second-order valence-electron chi connectivity index (χ2n) is 5.18. The van der Waals surface area contributed by atoms with Crippen LogP contribution in [0.1, 0.15) is 6.42 Å². The number of carbonyl (C=O) groups is 2. The Kier molecular flexibility index (Phi) is 6.33. The standard InChI is InChI=1S/C18H19FN2O4/c1-24-14-8-6-13(7-9-14)21(11-10-17(20)22)18(23)12-25-16-5-3-2-4-15(16)19/h2-9H,10-12H2,1H3,(H2,20,22). The zero-order valence-electron chi connectivity index (χ0n) is 13.8. The van der Waals surface area contributed by atoms with Crippen LogP contribution in [-0.2, 0) is 9.59 Å². The molecule has 25 heavy (non-hydrogen) atoms. The van der Waals surface area contributed by atoms with E-state index in [4.69, 9.17) is 15.2 Å². The summed E-state index contributed by atoms with van der Waals surface area (Å²) in [6, 6.07) is 12.6. The molecule has 0 aromatic heterocycles. The van der Waals surface area contributed by atoms with E-state index in [1.165, 1.54) is 30.2 Å². The number of para-hydroxylation sites is 1. The van der Waals surface area contributed by atoms with E-state index in [2.05, 4.69) is 0 Å². The highest BCUT2D eigenvalue weighted by atomic mass is 19.1. The lowest BCUT2D eigenvalue weighted by molar-refractivity contribution is -0.120. The molecule has 0 heterocycles. The molecule has 6 nitrogen and oxygen atoms in total. The third kappa shape index (κ3) is 5.20. The molecule has 0 saturated heterocycles. The predicted octanol–water partition coefficient (Wildman–Crippen LogP) is 2.12. The molecule has 0 saturated carbocycles. The Morgan fingerprint density at radius 3 is 2.40 bits per heavy atom. The zero-order chi connectivity index (χ0) is 18.2. The number of carbonyl (C=O) groups excluding carboxylic acids is 2. The third-order valence-electron chi connectivity index (χ3n) is 3.45. The zero-order valence-corrected chi connectivity index (χ0v) is 13.8. The maximum atomic E-state index is 13.6. The van der Waals surface area contributed by atoms with Crippen molar-refractivity contribution in [2.75, 3.05) is 25.2 Å². The molecule has 2 aromatic rings. The average molecular weight is 346 g/mol. The Morgan fingerprint density at radius 2 is 1.80 bits per heavy atom. The number of primary amides is 1. The van der Waals surface area contributed by atoms with E-state index in [9.17, 15) is 14.0 Å². The molecule has 0 aliphatic carbocycles. The molecule has 132 valence electrons. The molecule has 0 aliphatic rings. The van der Waals surface area contributed by atoms with Crippen molar-refractivity contribution in [2.45, 2.75) is 6.42 Å². The lowest BCUT2D eigenvalue weighted by atomic mass is 10.2. The molecule has 2 aromatic carbocycles. The summed E-state index contributed by atoms with van der Waals surface area (Å²) in [5, 5.41) is 0. The van der Waals surface area contributed by atoms with E-state index in [1.54, 1.807) is 30.3 Å². The van der Waals surface area contributed by atoms with Gasteiger partial charge in [0.1, 0.15) is 5.75 Å². The Labute approximate surface area is 144 Å². The monoisotopic (exact) mass is 346 g/mol. The number of ether oxygens (including phenoxy) is 2. The first-order chi connectivity index (χ1) is 12.0. The second kappa shape index (κ2) is 8.68. The summed E-state index contributed by atoms with van der Waals surface area (Å²) in [6.07, 6.45) is -0.00251. The summed E-state index contributed by atoms with van der Waals surface area (Å²) in [5.74, 6) is -0.881. The van der Waals surface area contributed by atoms with Gasteiger partial charge in [-0.3, -0.25) is 9.59 Å². The lowest BCUT2D eigenvalue weighted by Gasteiger charge is -2.22. The largest absolute Gasteiger partial charge is 0.497 e. The number of rotatable bonds is 8. The van der Waals surface area contributed by atoms with Crippen LogP contribution in [-0.4, -0.2) is 32.1 Å². The van der Waals surface area contributed by atoms with E-state index >= 15 is 0 Å². The number of nitrogens with zero attached hydrogens (tertiary/aromatic N) is 1. The molecule has 0 fully saturated rings. The van der Waals surface area contributed by atoms with Gasteiger partial charge in [0.05, 0.1) is 7.11 Å². The highest BCUT2D eigenvalue weighted by molar-refractivity contribution is 5.95. The first kappa shape index (κ1) is 18.3. The maximum absolute atomic E-state index is 13.6. The summed E-state index contributed by atoms with van der Waals surface area (Å²) in [7, 11) is 1.53. The first-order valence-corrected chi connectivity index (χ1v) is 7.61. The van der Waals surface area contributed by atoms with Gasteiger partial charge in [-0.15, -0.1) is 0 Å². The highest BCUT2D eigenvalue weighted by Gasteiger charge is 2.18. The Hall–Kier alpha value is -3.09. The van der Waals surface area contributed by atoms with E-state index in [0.29, 0.717) is 11.4 Å². The van der Waals surface area contributed by atoms with Crippen LogP contribution >= 0.6 is 0 Å². The summed E-state index contributed by atoms with van der Waals surface area (Å²) < 4.78 is 23.9. The molecule has 2 N–H and O–H groups in total. The van der Waals surface area contributed by atoms with Crippen LogP contribution in [0.15, 0.2) is 48.5 Å². The normalized spacial score (nSPS) is 10.2. The molecular formula is C18H19FN2O4. The van der Waals surface area contributed by atoms with Gasteiger partial charge in [-0.1, -0.05) is 12.1 Å². The van der Waals surface area contributed by atoms with Crippen molar-refractivity contribution in [3.05, 3.63) is 54.3 Å². The smallest absolute Gasteiger partial charge is 0.264 e. The predicted molar refractivity (Wildman–Crippen MR) is 91.1 cm³/mol. The lowest BCUT2D eigenvalue weighted by Crippen LogP contribution is -2.37. The molecule has 0 unspecified atom stereocenters. The molecule has 2 amide bonds. The van der Waals surface area contributed by atoms with Crippen molar-refractivity contribution in [1.82, 2.24) is 0 Å². The molecular weight excluding hydrogens is 327 g/mol. The van der Waals surface area contributed by atoms with Gasteiger partial charge in [0.15, 0.2) is 18.2 Å². The van der Waals surface area contributed by atoms with Gasteiger partial charge >= 0.3 is 0 Å². The van der Waals surface area contributed by atoms with Crippen LogP contribution in [0.5, 0.6) is 11.5 Å². The van der Waals surface area contributed by atoms with E-state index in [-0.39, 0.29) is 25.3 Å². The van der Waals surface area contributed by atoms with Crippen molar-refractivity contribution in [3.8, 4) is 11.5 Å². The van der Waals surface area contributed by atoms with Crippen LogP contribution in [0.25, 0.3) is 0 Å². The van der Waals surface area contributed by atoms with Crippen LogP contribution in [0.3, 0.4) is 0 Å². The van der Waals surface area contributed by atoms with Gasteiger partial charge in [-0.25, -0.2) is 4.39 Å². The number of hydrogen-bond acceptors (Lipinski definition) is 4. The highest BCUT2D eigenvalue weighted by Crippen LogP contribution is 2.21. The summed E-state index contributed by atoms with van der Waals surface area (Å²) in [4.78, 5) is 24.9. The Bertz CT molecular complexity index is 734. The fraction of sp³-hybridized carbons (Fsp3) is 0.222. The fourth-order valence-corrected chi connectivity index (χ4v) is 2.16. The van der Waals surface area contributed by atoms with Gasteiger partial charge in [-0.2, -0.15) is 0 Å². The number of benzene rings is 2. The molecule has 0 radical (unpaired) electrons. The average Bonchev–Trinajstić information content (AvgIpc) is 2.61. The topological polar surface area (TPSA) is 81.9 Å². The van der Waals surface area contributed by atoms with E-state index in [0.717, 1.165) is 0 Å². The Morgan fingerprint density at radius 1 is 1.12 bits per heavy atom. The van der Waals surface area contributed by atoms with Crippen LogP contribution in [0.4, 0.5) is 10.1 Å². The minimum absolute atomic E-state index is 0.00251. The second-order valence-corrected chi connectivity index (χ2v) is 5.18. The van der Waals surface area contributed by atoms with Gasteiger partial charge < -0.3 is 20.1 Å². The minimum Gasteiger partial charge on any atom is -0.497 e. The Balaban J connectivity index is 2.11. The number of anilines is 1. The van der Waals surface area contributed by atoms with Crippen LogP contribution < -0.4 is 20.1 Å². The van der Waals surface area contributed by atoms with Crippen molar-refractivity contribution in [1.29, 1.82) is 0 Å². The molecule has 0 aliphatic heterocycles. The number of halogens is 1. The van der Waals surface area contributed by atoms with Crippen LogP contribution in [0, 0.1) is 5.82 Å². The quantitative estimate of drug-likeness (QED) is 0.794. The summed E-state index contributed by atoms with van der Waals surface area (Å²) in [6.45, 7) is -0.271. The summed E-state index contributed by atoms with van der Waals surface area (Å²) in [5.41, 5.74) is 5.73. The minimum atomic E-state index is -0.552. The molecule has 2 rings (SSSR count). The van der Waals surface area contributed by atoms with Gasteiger partial charge in [0.2, 0.25) is 5.91 Å². The first-order valence-electron chi connectivity index (χ1n) is 7.61. The molecule has 0 spiro atoms. The molecule has 0 bridgehead atoms. The number of amides is 2. The SMILES string of the molecule is COc1ccc(N(CCC(N)=O)C(=O)COc2ccccc2F)cc1. The fourth-order valence-electron chi connectivity index (χ4n) is 2.16. The van der Waals surface area contributed by atoms with Crippen molar-refractivity contribution >= 4 is 17.5 Å². The molecule has 7 heteroatoms. The van der Waals surface area contributed by atoms with Gasteiger partial charge in [0, 0.05) is 18.7 Å². The molecule has 0 atom stereocenters. The van der Waals surface area contributed by atoms with Crippen LogP contribution in [0.2, 0.25) is 0 Å². The number of methoxy groups -OCH3 is 1. The van der Waals surface area contributed by atoms with E-state index in [1.807, 2.05) is 0 Å². The maximum Gasteiger partial charge on any atom is 0.264 e. The van der Waals surface area contributed by atoms with Crippen molar-refractivity contribution in [2.24, 2.45) is 5.73 Å². The van der Waals surface area contributed by atoms with Crippen molar-refractivity contribution in [3.63, 3.8) is 0 Å². The van der Waals surface area contributed by atoms with Gasteiger partial charge in [0.25, 0.3) is 5.91 Å². The number of hydrogen-bond donors (Lipinski definition) is 1. The van der Waals surface area contributed by atoms with Gasteiger partial charge in [-0.05, 0) is 36.4 Å². The summed E-state index contributed by atoms with van der Waals surface area (Å²) >= 11 is 0.